The monoisotopic (exact) mass is 534 g/mol. The zero-order valence-electron chi connectivity index (χ0n) is 22.6. The van der Waals surface area contributed by atoms with Gasteiger partial charge in [0, 0.05) is 11.3 Å². The second kappa shape index (κ2) is 6.66. The van der Waals surface area contributed by atoms with E-state index in [2.05, 4.69) is 64.4 Å². The van der Waals surface area contributed by atoms with Crippen LogP contribution >= 0.6 is 15.9 Å². The van der Waals surface area contributed by atoms with E-state index in [1.807, 2.05) is 0 Å². The van der Waals surface area contributed by atoms with Crippen LogP contribution in [0.5, 0.6) is 0 Å². The molecule has 0 aromatic heterocycles. The molecule has 6 rings (SSSR count). The lowest BCUT2D eigenvalue weighted by Gasteiger charge is -2.74. The maximum Gasteiger partial charge on any atom is 0.313 e. The standard InChI is InChI=1S/C30H47BrO3/c1-24(2)12-14-29-15-13-28(7)27(6)11-8-18-25(3,4)22(32)9-10-26(18,5)19(27)16-21(31)30(28,20(29)17-24)34-23(29)33/h18-22,32H,8-17H2,1-7H3. The van der Waals surface area contributed by atoms with Crippen LogP contribution in [0.25, 0.3) is 0 Å². The minimum atomic E-state index is -0.391. The van der Waals surface area contributed by atoms with E-state index in [-0.39, 0.29) is 49.4 Å². The van der Waals surface area contributed by atoms with Gasteiger partial charge in [0.05, 0.1) is 16.3 Å². The summed E-state index contributed by atoms with van der Waals surface area (Å²) in [6.07, 6.45) is 10.7. The van der Waals surface area contributed by atoms with Crippen LogP contribution < -0.4 is 0 Å². The summed E-state index contributed by atoms with van der Waals surface area (Å²) in [5.74, 6) is 1.58. The normalized spacial score (nSPS) is 59.2. The average Bonchev–Trinajstić information content (AvgIpc) is 2.93. The number of carbonyl (C=O) groups excluding carboxylic acids is 1. The summed E-state index contributed by atoms with van der Waals surface area (Å²) in [7, 11) is 0. The van der Waals surface area contributed by atoms with Gasteiger partial charge >= 0.3 is 5.97 Å². The lowest BCUT2D eigenvalue weighted by atomic mass is 9.31. The topological polar surface area (TPSA) is 46.5 Å². The Kier molecular flexibility index (Phi) is 4.75. The number of halogens is 1. The van der Waals surface area contributed by atoms with Crippen molar-refractivity contribution in [3.63, 3.8) is 0 Å². The van der Waals surface area contributed by atoms with Crippen molar-refractivity contribution in [2.75, 3.05) is 0 Å². The Balaban J connectivity index is 1.49. The van der Waals surface area contributed by atoms with Gasteiger partial charge in [-0.1, -0.05) is 64.4 Å². The van der Waals surface area contributed by atoms with Crippen molar-refractivity contribution in [1.82, 2.24) is 0 Å². The predicted molar refractivity (Wildman–Crippen MR) is 139 cm³/mol. The van der Waals surface area contributed by atoms with Gasteiger partial charge in [-0.05, 0) is 97.7 Å². The number of hydrogen-bond donors (Lipinski definition) is 1. The van der Waals surface area contributed by atoms with Gasteiger partial charge in [-0.3, -0.25) is 4.79 Å². The Hall–Kier alpha value is -0.0900. The van der Waals surface area contributed by atoms with Crippen LogP contribution in [0.15, 0.2) is 0 Å². The molecule has 5 aliphatic carbocycles. The van der Waals surface area contributed by atoms with E-state index in [0.29, 0.717) is 17.8 Å². The number of alkyl halides is 1. The smallest absolute Gasteiger partial charge is 0.313 e. The molecule has 192 valence electrons. The molecule has 4 heteroatoms. The molecule has 6 fully saturated rings. The van der Waals surface area contributed by atoms with Gasteiger partial charge < -0.3 is 9.84 Å². The molecule has 1 spiro atoms. The third-order valence-electron chi connectivity index (χ3n) is 14.0. The summed E-state index contributed by atoms with van der Waals surface area (Å²) in [6.45, 7) is 17.1. The summed E-state index contributed by atoms with van der Waals surface area (Å²) in [5.41, 5.74) is -0.0831. The summed E-state index contributed by atoms with van der Waals surface area (Å²) in [6, 6.07) is 0. The maximum atomic E-state index is 13.8. The van der Waals surface area contributed by atoms with E-state index in [1.54, 1.807) is 0 Å². The van der Waals surface area contributed by atoms with Crippen molar-refractivity contribution in [3.8, 4) is 0 Å². The van der Waals surface area contributed by atoms with Gasteiger partial charge in [-0.15, -0.1) is 0 Å². The molecular weight excluding hydrogens is 488 g/mol. The van der Waals surface area contributed by atoms with E-state index in [9.17, 15) is 9.90 Å². The van der Waals surface area contributed by atoms with E-state index in [0.717, 1.165) is 51.4 Å². The molecule has 1 N–H and O–H groups in total. The number of hydrogen-bond acceptors (Lipinski definition) is 3. The van der Waals surface area contributed by atoms with Gasteiger partial charge in [0.2, 0.25) is 0 Å². The van der Waals surface area contributed by atoms with Crippen molar-refractivity contribution >= 4 is 21.9 Å². The van der Waals surface area contributed by atoms with Gasteiger partial charge in [-0.2, -0.15) is 0 Å². The van der Waals surface area contributed by atoms with Crippen LogP contribution in [0.3, 0.4) is 0 Å². The molecule has 0 radical (unpaired) electrons. The Morgan fingerprint density at radius 2 is 1.53 bits per heavy atom. The highest BCUT2D eigenvalue weighted by atomic mass is 79.9. The third-order valence-corrected chi connectivity index (χ3v) is 15.0. The number of fused-ring (bicyclic) bond motifs is 4. The Morgan fingerprint density at radius 1 is 0.853 bits per heavy atom. The highest BCUT2D eigenvalue weighted by molar-refractivity contribution is 9.09. The quantitative estimate of drug-likeness (QED) is 0.262. The van der Waals surface area contributed by atoms with Crippen LogP contribution in [-0.2, 0) is 9.53 Å². The first kappa shape index (κ1) is 24.3. The average molecular weight is 536 g/mol. The van der Waals surface area contributed by atoms with Crippen LogP contribution in [-0.4, -0.2) is 27.6 Å². The molecule has 10 unspecified atom stereocenters. The first-order chi connectivity index (χ1) is 15.6. The molecule has 0 aromatic rings. The van der Waals surface area contributed by atoms with Crippen molar-refractivity contribution in [3.05, 3.63) is 0 Å². The lowest BCUT2D eigenvalue weighted by Crippen LogP contribution is -2.75. The summed E-state index contributed by atoms with van der Waals surface area (Å²) >= 11 is 4.27. The van der Waals surface area contributed by atoms with Crippen LogP contribution in [0.4, 0.5) is 0 Å². The summed E-state index contributed by atoms with van der Waals surface area (Å²) in [4.78, 5) is 14.0. The maximum absolute atomic E-state index is 13.8. The summed E-state index contributed by atoms with van der Waals surface area (Å²) < 4.78 is 6.84. The van der Waals surface area contributed by atoms with E-state index in [4.69, 9.17) is 4.74 Å². The number of aliphatic hydroxyl groups is 1. The highest BCUT2D eigenvalue weighted by Gasteiger charge is 2.83. The molecule has 1 heterocycles. The van der Waals surface area contributed by atoms with Crippen molar-refractivity contribution in [2.45, 2.75) is 129 Å². The van der Waals surface area contributed by atoms with E-state index < -0.39 is 5.60 Å². The molecule has 1 aliphatic heterocycles. The van der Waals surface area contributed by atoms with Crippen LogP contribution in [0.2, 0.25) is 0 Å². The Morgan fingerprint density at radius 3 is 2.24 bits per heavy atom. The minimum absolute atomic E-state index is 0.0288. The fraction of sp³-hybridized carbons (Fsp3) is 0.967. The first-order valence-electron chi connectivity index (χ1n) is 14.2. The van der Waals surface area contributed by atoms with E-state index in [1.165, 1.54) is 12.8 Å². The molecule has 2 bridgehead atoms. The summed E-state index contributed by atoms with van der Waals surface area (Å²) in [5, 5.41) is 11.0. The highest BCUT2D eigenvalue weighted by Crippen LogP contribution is 2.81. The zero-order valence-corrected chi connectivity index (χ0v) is 24.2. The first-order valence-corrected chi connectivity index (χ1v) is 15.1. The second-order valence-corrected chi connectivity index (χ2v) is 16.8. The molecule has 0 amide bonds. The van der Waals surface area contributed by atoms with Gasteiger partial charge in [0.1, 0.15) is 5.60 Å². The number of carbonyl (C=O) groups is 1. The van der Waals surface area contributed by atoms with Gasteiger partial charge in [0.15, 0.2) is 0 Å². The molecule has 10 atom stereocenters. The van der Waals surface area contributed by atoms with Gasteiger partial charge in [-0.25, -0.2) is 0 Å². The Labute approximate surface area is 215 Å². The fourth-order valence-electron chi connectivity index (χ4n) is 11.8. The number of esters is 1. The van der Waals surface area contributed by atoms with Crippen molar-refractivity contribution in [2.24, 2.45) is 50.2 Å². The molecule has 5 saturated carbocycles. The molecule has 34 heavy (non-hydrogen) atoms. The van der Waals surface area contributed by atoms with E-state index >= 15 is 0 Å². The molecule has 0 aromatic carbocycles. The zero-order chi connectivity index (χ0) is 24.7. The SMILES string of the molecule is CC1(C)CCC23CCC4(C)C5(C)CCC6C(C)(C)C(O)CCC6(C)C5CC(Br)C4(OC2=O)C3C1. The van der Waals surface area contributed by atoms with Crippen LogP contribution in [0.1, 0.15) is 113 Å². The van der Waals surface area contributed by atoms with Crippen LogP contribution in [0, 0.1) is 50.2 Å². The van der Waals surface area contributed by atoms with Crippen molar-refractivity contribution < 1.29 is 14.6 Å². The largest absolute Gasteiger partial charge is 0.457 e. The lowest BCUT2D eigenvalue weighted by molar-refractivity contribution is -0.282. The Bertz CT molecular complexity index is 928. The molecule has 3 nitrogen and oxygen atoms in total. The number of aliphatic hydroxyl groups excluding tert-OH is 1. The predicted octanol–water partition coefficient (Wildman–Crippen LogP) is 7.28. The number of ether oxygens (including phenoxy) is 1. The second-order valence-electron chi connectivity index (χ2n) is 15.7. The van der Waals surface area contributed by atoms with Gasteiger partial charge in [0.25, 0.3) is 0 Å². The third kappa shape index (κ3) is 2.43. The fourth-order valence-corrected chi connectivity index (χ4v) is 13.0. The molecule has 6 aliphatic rings. The molecular formula is C30H47BrO3. The minimum Gasteiger partial charge on any atom is -0.457 e. The number of rotatable bonds is 0. The molecule has 1 saturated heterocycles. The van der Waals surface area contributed by atoms with Crippen molar-refractivity contribution in [1.29, 1.82) is 0 Å².